The summed E-state index contributed by atoms with van der Waals surface area (Å²) in [6.45, 7) is 1.41. The minimum atomic E-state index is -3.89. The Bertz CT molecular complexity index is 1410. The number of sulfonamides is 1. The highest BCUT2D eigenvalue weighted by molar-refractivity contribution is 7.92. The summed E-state index contributed by atoms with van der Waals surface area (Å²) in [5, 5.41) is 14.5. The van der Waals surface area contributed by atoms with Gasteiger partial charge in [0.05, 0.1) is 54.4 Å². The Labute approximate surface area is 213 Å². The van der Waals surface area contributed by atoms with Gasteiger partial charge < -0.3 is 14.8 Å². The Hall–Kier alpha value is -3.83. The first kappa shape index (κ1) is 26.8. The molecule has 3 aromatic rings. The third kappa shape index (κ3) is 5.86. The Balaban J connectivity index is 2.15. The van der Waals surface area contributed by atoms with Crippen LogP contribution in [-0.2, 0) is 16.6 Å². The van der Waals surface area contributed by atoms with Crippen LogP contribution in [0.5, 0.6) is 11.5 Å². The molecule has 0 aliphatic rings. The number of halogens is 1. The molecule has 0 atom stereocenters. The van der Waals surface area contributed by atoms with Crippen molar-refractivity contribution in [2.45, 2.75) is 13.5 Å². The Morgan fingerprint density at radius 3 is 2.25 bits per heavy atom. The van der Waals surface area contributed by atoms with Gasteiger partial charge in [-0.25, -0.2) is 8.42 Å². The van der Waals surface area contributed by atoms with Crippen LogP contribution in [0, 0.1) is 17.0 Å². The number of nitro groups is 1. The van der Waals surface area contributed by atoms with Crippen LogP contribution in [0.2, 0.25) is 5.02 Å². The van der Waals surface area contributed by atoms with E-state index in [9.17, 15) is 23.3 Å². The SMILES string of the molecule is COc1cc(C(=O)Nc2cccc([N+](=O)[O-])c2C)c(N(Cc2ccc(Cl)cc2)S(C)(=O)=O)cc1OC. The van der Waals surface area contributed by atoms with Crippen molar-refractivity contribution < 1.29 is 27.6 Å². The molecule has 0 aliphatic carbocycles. The molecule has 3 rings (SSSR count). The number of rotatable bonds is 9. The van der Waals surface area contributed by atoms with Gasteiger partial charge in [0.15, 0.2) is 11.5 Å². The molecule has 1 N–H and O–H groups in total. The van der Waals surface area contributed by atoms with E-state index in [1.54, 1.807) is 24.3 Å². The second-order valence-electron chi connectivity index (χ2n) is 7.78. The molecule has 36 heavy (non-hydrogen) atoms. The number of nitrogens with zero attached hydrogens (tertiary/aromatic N) is 2. The van der Waals surface area contributed by atoms with Gasteiger partial charge in [-0.15, -0.1) is 0 Å². The molecule has 0 fully saturated rings. The largest absolute Gasteiger partial charge is 0.493 e. The van der Waals surface area contributed by atoms with E-state index in [1.807, 2.05) is 0 Å². The van der Waals surface area contributed by atoms with Crippen LogP contribution in [0.15, 0.2) is 54.6 Å². The minimum Gasteiger partial charge on any atom is -0.493 e. The van der Waals surface area contributed by atoms with Crippen LogP contribution in [-0.4, -0.2) is 39.7 Å². The lowest BCUT2D eigenvalue weighted by Crippen LogP contribution is -2.31. The molecule has 0 spiro atoms. The summed E-state index contributed by atoms with van der Waals surface area (Å²) in [4.78, 5) is 24.2. The molecule has 0 aromatic heterocycles. The fourth-order valence-electron chi connectivity index (χ4n) is 3.54. The number of carbonyl (C=O) groups is 1. The molecule has 190 valence electrons. The number of nitrogens with one attached hydrogen (secondary N) is 1. The van der Waals surface area contributed by atoms with Crippen molar-refractivity contribution in [2.75, 3.05) is 30.1 Å². The van der Waals surface area contributed by atoms with E-state index >= 15 is 0 Å². The second-order valence-corrected chi connectivity index (χ2v) is 10.1. The number of methoxy groups -OCH3 is 2. The standard InChI is InChI=1S/C24H24ClN3O7S/c1-15-19(6-5-7-20(15)28(30)31)26-24(29)18-12-22(34-2)23(35-3)13-21(18)27(36(4,32)33)14-16-8-10-17(25)11-9-16/h5-13H,14H2,1-4H3,(H,26,29). The van der Waals surface area contributed by atoms with Crippen molar-refractivity contribution in [1.29, 1.82) is 0 Å². The predicted molar refractivity (Wildman–Crippen MR) is 138 cm³/mol. The number of ether oxygens (including phenoxy) is 2. The summed E-state index contributed by atoms with van der Waals surface area (Å²) in [6, 6.07) is 13.6. The molecule has 0 saturated heterocycles. The topological polar surface area (TPSA) is 128 Å². The molecular weight excluding hydrogens is 510 g/mol. The van der Waals surface area contributed by atoms with Crippen molar-refractivity contribution in [2.24, 2.45) is 0 Å². The molecule has 0 radical (unpaired) electrons. The van der Waals surface area contributed by atoms with Crippen LogP contribution in [0.4, 0.5) is 17.1 Å². The monoisotopic (exact) mass is 533 g/mol. The molecule has 0 saturated carbocycles. The molecule has 0 heterocycles. The Kier molecular flexibility index (Phi) is 8.06. The van der Waals surface area contributed by atoms with E-state index in [-0.39, 0.29) is 46.2 Å². The van der Waals surface area contributed by atoms with Crippen LogP contribution >= 0.6 is 11.6 Å². The van der Waals surface area contributed by atoms with Gasteiger partial charge in [0.25, 0.3) is 11.6 Å². The van der Waals surface area contributed by atoms with Gasteiger partial charge >= 0.3 is 0 Å². The first-order valence-corrected chi connectivity index (χ1v) is 12.7. The highest BCUT2D eigenvalue weighted by atomic mass is 35.5. The van der Waals surface area contributed by atoms with Crippen LogP contribution < -0.4 is 19.1 Å². The van der Waals surface area contributed by atoms with Crippen LogP contribution in [0.3, 0.4) is 0 Å². The fourth-order valence-corrected chi connectivity index (χ4v) is 4.56. The maximum Gasteiger partial charge on any atom is 0.274 e. The third-order valence-electron chi connectivity index (χ3n) is 5.41. The Morgan fingerprint density at radius 2 is 1.69 bits per heavy atom. The molecule has 12 heteroatoms. The lowest BCUT2D eigenvalue weighted by atomic mass is 10.1. The zero-order chi connectivity index (χ0) is 26.6. The van der Waals surface area contributed by atoms with Crippen molar-refractivity contribution in [3.63, 3.8) is 0 Å². The van der Waals surface area contributed by atoms with E-state index < -0.39 is 20.9 Å². The molecule has 1 amide bonds. The zero-order valence-corrected chi connectivity index (χ0v) is 21.5. The van der Waals surface area contributed by atoms with Crippen molar-refractivity contribution in [3.05, 3.63) is 86.4 Å². The van der Waals surface area contributed by atoms with E-state index in [1.165, 1.54) is 51.5 Å². The normalized spacial score (nSPS) is 11.0. The maximum atomic E-state index is 13.4. The van der Waals surface area contributed by atoms with Crippen molar-refractivity contribution in [3.8, 4) is 11.5 Å². The number of hydrogen-bond donors (Lipinski definition) is 1. The number of anilines is 2. The predicted octanol–water partition coefficient (Wildman–Crippen LogP) is 4.79. The van der Waals surface area contributed by atoms with Gasteiger partial charge in [-0.05, 0) is 36.8 Å². The molecule has 10 nitrogen and oxygen atoms in total. The fraction of sp³-hybridized carbons (Fsp3) is 0.208. The average Bonchev–Trinajstić information content (AvgIpc) is 2.83. The summed E-state index contributed by atoms with van der Waals surface area (Å²) in [5.41, 5.74) is 0.905. The second kappa shape index (κ2) is 10.8. The van der Waals surface area contributed by atoms with Gasteiger partial charge in [0.1, 0.15) is 0 Å². The van der Waals surface area contributed by atoms with Crippen LogP contribution in [0.1, 0.15) is 21.5 Å². The summed E-state index contributed by atoms with van der Waals surface area (Å²) < 4.78 is 37.5. The first-order valence-electron chi connectivity index (χ1n) is 10.5. The summed E-state index contributed by atoms with van der Waals surface area (Å²) in [5.74, 6) is -0.290. The summed E-state index contributed by atoms with van der Waals surface area (Å²) in [6.07, 6.45) is 1.02. The maximum absolute atomic E-state index is 13.4. The van der Waals surface area contributed by atoms with Gasteiger partial charge in [-0.1, -0.05) is 29.8 Å². The van der Waals surface area contributed by atoms with E-state index in [4.69, 9.17) is 21.1 Å². The summed E-state index contributed by atoms with van der Waals surface area (Å²) in [7, 11) is -1.12. The highest BCUT2D eigenvalue weighted by Gasteiger charge is 2.27. The molecule has 0 aliphatic heterocycles. The van der Waals surface area contributed by atoms with Crippen LogP contribution in [0.25, 0.3) is 0 Å². The lowest BCUT2D eigenvalue weighted by molar-refractivity contribution is -0.385. The third-order valence-corrected chi connectivity index (χ3v) is 6.78. The number of amides is 1. The smallest absolute Gasteiger partial charge is 0.274 e. The van der Waals surface area contributed by atoms with Gasteiger partial charge in [-0.2, -0.15) is 0 Å². The van der Waals surface area contributed by atoms with E-state index in [0.29, 0.717) is 10.6 Å². The average molecular weight is 534 g/mol. The van der Waals surface area contributed by atoms with Gasteiger partial charge in [0, 0.05) is 17.2 Å². The van der Waals surface area contributed by atoms with Crippen molar-refractivity contribution in [1.82, 2.24) is 0 Å². The molecule has 3 aromatic carbocycles. The first-order chi connectivity index (χ1) is 17.0. The van der Waals surface area contributed by atoms with E-state index in [0.717, 1.165) is 10.6 Å². The number of nitro benzene ring substituents is 1. The van der Waals surface area contributed by atoms with E-state index in [2.05, 4.69) is 5.32 Å². The number of benzene rings is 3. The highest BCUT2D eigenvalue weighted by Crippen LogP contribution is 2.37. The minimum absolute atomic E-state index is 0.0330. The molecule has 0 unspecified atom stereocenters. The zero-order valence-electron chi connectivity index (χ0n) is 19.9. The van der Waals surface area contributed by atoms with Gasteiger partial charge in [-0.3, -0.25) is 19.2 Å². The molecular formula is C24H24ClN3O7S. The number of hydrogen-bond acceptors (Lipinski definition) is 7. The lowest BCUT2D eigenvalue weighted by Gasteiger charge is -2.26. The quantitative estimate of drug-likeness (QED) is 0.309. The van der Waals surface area contributed by atoms with Crippen molar-refractivity contribution >= 4 is 44.6 Å². The number of carbonyl (C=O) groups excluding carboxylic acids is 1. The summed E-state index contributed by atoms with van der Waals surface area (Å²) >= 11 is 5.96. The Morgan fingerprint density at radius 1 is 1.08 bits per heavy atom. The van der Waals surface area contributed by atoms with Gasteiger partial charge in [0.2, 0.25) is 10.0 Å². The molecule has 0 bridgehead atoms.